The Morgan fingerprint density at radius 2 is 1.85 bits per heavy atom. The van der Waals surface area contributed by atoms with Gasteiger partial charge in [0.2, 0.25) is 5.91 Å². The minimum atomic E-state index is -0.0218. The summed E-state index contributed by atoms with van der Waals surface area (Å²) in [7, 11) is 0. The number of anilines is 1. The number of thiophene rings is 1. The van der Waals surface area contributed by atoms with Gasteiger partial charge >= 0.3 is 0 Å². The summed E-state index contributed by atoms with van der Waals surface area (Å²) in [4.78, 5) is 28.8. The normalized spacial score (nSPS) is 20.2. The number of nitrogens with one attached hydrogen (secondary N) is 1. The van der Waals surface area contributed by atoms with Crippen molar-refractivity contribution in [3.63, 3.8) is 0 Å². The summed E-state index contributed by atoms with van der Waals surface area (Å²) in [6.07, 6.45) is 4.76. The maximum Gasteiger partial charge on any atom is 0.254 e. The second-order valence-corrected chi connectivity index (χ2v) is 8.79. The molecule has 1 atom stereocenters. The van der Waals surface area contributed by atoms with Gasteiger partial charge in [-0.25, -0.2) is 0 Å². The fourth-order valence-electron chi connectivity index (χ4n) is 4.14. The van der Waals surface area contributed by atoms with Crippen molar-refractivity contribution < 1.29 is 9.59 Å². The van der Waals surface area contributed by atoms with Crippen LogP contribution in [0.1, 0.15) is 47.0 Å². The predicted molar refractivity (Wildman–Crippen MR) is 109 cm³/mol. The molecule has 0 bridgehead atoms. The fraction of sp³-hybridized carbons (Fsp3) is 0.455. The highest BCUT2D eigenvalue weighted by molar-refractivity contribution is 7.10. The van der Waals surface area contributed by atoms with E-state index in [4.69, 9.17) is 0 Å². The number of rotatable bonds is 3. The van der Waals surface area contributed by atoms with Crippen LogP contribution in [-0.4, -0.2) is 29.8 Å². The molecular formula is C22H26N2O2S. The maximum atomic E-state index is 13.0. The van der Waals surface area contributed by atoms with Gasteiger partial charge in [0.1, 0.15) is 0 Å². The summed E-state index contributed by atoms with van der Waals surface area (Å²) in [5, 5.41) is 5.04. The van der Waals surface area contributed by atoms with E-state index in [1.54, 1.807) is 11.3 Å². The molecule has 0 saturated carbocycles. The van der Waals surface area contributed by atoms with Gasteiger partial charge in [-0.2, -0.15) is 0 Å². The van der Waals surface area contributed by atoms with E-state index in [1.165, 1.54) is 16.9 Å². The highest BCUT2D eigenvalue weighted by atomic mass is 32.1. The predicted octanol–water partition coefficient (Wildman–Crippen LogP) is 4.36. The molecule has 2 heterocycles. The van der Waals surface area contributed by atoms with E-state index in [0.29, 0.717) is 13.1 Å². The molecule has 1 aliphatic carbocycles. The number of likely N-dealkylation sites (tertiary alicyclic amines) is 1. The van der Waals surface area contributed by atoms with E-state index in [2.05, 4.69) is 17.6 Å². The van der Waals surface area contributed by atoms with Crippen LogP contribution >= 0.6 is 11.3 Å². The summed E-state index contributed by atoms with van der Waals surface area (Å²) in [6, 6.07) is 9.57. The van der Waals surface area contributed by atoms with Crippen LogP contribution in [0.15, 0.2) is 35.7 Å². The van der Waals surface area contributed by atoms with Gasteiger partial charge in [-0.1, -0.05) is 25.1 Å². The summed E-state index contributed by atoms with van der Waals surface area (Å²) >= 11 is 1.74. The van der Waals surface area contributed by atoms with Crippen molar-refractivity contribution in [1.82, 2.24) is 4.90 Å². The molecule has 0 spiro atoms. The van der Waals surface area contributed by atoms with Crippen molar-refractivity contribution in [2.24, 2.45) is 11.8 Å². The molecule has 27 heavy (non-hydrogen) atoms. The number of benzene rings is 1. The fourth-order valence-corrected chi connectivity index (χ4v) is 5.38. The molecule has 1 unspecified atom stereocenters. The second kappa shape index (κ2) is 7.85. The molecule has 2 aromatic rings. The molecule has 1 aliphatic heterocycles. The molecule has 4 rings (SSSR count). The number of para-hydroxylation sites is 1. The Kier molecular flexibility index (Phi) is 5.30. The SMILES string of the molecule is CC1CCc2c(C(=O)N3CCC(C(=O)Nc4ccccc4)CC3)csc2C1. The van der Waals surface area contributed by atoms with Crippen LogP contribution in [0.3, 0.4) is 0 Å². The van der Waals surface area contributed by atoms with Crippen LogP contribution in [0.25, 0.3) is 0 Å². The van der Waals surface area contributed by atoms with Gasteiger partial charge in [0.25, 0.3) is 5.91 Å². The molecule has 1 aromatic carbocycles. The standard InChI is InChI=1S/C22H26N2O2S/c1-15-7-8-18-19(14-27-20(18)13-15)22(26)24-11-9-16(10-12-24)21(25)23-17-5-3-2-4-6-17/h2-6,14-16H,7-13H2,1H3,(H,23,25). The summed E-state index contributed by atoms with van der Waals surface area (Å²) in [6.45, 7) is 3.61. The third-order valence-corrected chi connectivity index (χ3v) is 6.88. The van der Waals surface area contributed by atoms with Gasteiger partial charge in [0.15, 0.2) is 0 Å². The van der Waals surface area contributed by atoms with Crippen LogP contribution in [0.2, 0.25) is 0 Å². The van der Waals surface area contributed by atoms with E-state index in [-0.39, 0.29) is 17.7 Å². The van der Waals surface area contributed by atoms with Crippen molar-refractivity contribution >= 4 is 28.8 Å². The average Bonchev–Trinajstić information content (AvgIpc) is 3.11. The Morgan fingerprint density at radius 1 is 1.11 bits per heavy atom. The molecule has 142 valence electrons. The number of nitrogens with zero attached hydrogens (tertiary/aromatic N) is 1. The molecule has 1 saturated heterocycles. The van der Waals surface area contributed by atoms with E-state index in [0.717, 1.165) is 42.9 Å². The highest BCUT2D eigenvalue weighted by Crippen LogP contribution is 2.34. The first-order valence-electron chi connectivity index (χ1n) is 9.86. The first-order valence-corrected chi connectivity index (χ1v) is 10.7. The molecule has 2 amide bonds. The minimum absolute atomic E-state index is 0.0218. The van der Waals surface area contributed by atoms with E-state index < -0.39 is 0 Å². The number of carbonyl (C=O) groups excluding carboxylic acids is 2. The number of fused-ring (bicyclic) bond motifs is 1. The number of hydrogen-bond acceptors (Lipinski definition) is 3. The third kappa shape index (κ3) is 3.93. The van der Waals surface area contributed by atoms with Crippen LogP contribution in [-0.2, 0) is 17.6 Å². The second-order valence-electron chi connectivity index (χ2n) is 7.82. The molecule has 5 heteroatoms. The van der Waals surface area contributed by atoms with Gasteiger partial charge in [-0.05, 0) is 55.7 Å². The lowest BCUT2D eigenvalue weighted by Gasteiger charge is -2.31. The molecule has 1 fully saturated rings. The van der Waals surface area contributed by atoms with E-state index in [9.17, 15) is 9.59 Å². The number of hydrogen-bond donors (Lipinski definition) is 1. The zero-order valence-electron chi connectivity index (χ0n) is 15.7. The smallest absolute Gasteiger partial charge is 0.254 e. The lowest BCUT2D eigenvalue weighted by Crippen LogP contribution is -2.41. The first-order chi connectivity index (χ1) is 13.1. The Morgan fingerprint density at radius 3 is 2.59 bits per heavy atom. The zero-order chi connectivity index (χ0) is 18.8. The summed E-state index contributed by atoms with van der Waals surface area (Å²) in [5.74, 6) is 0.920. The number of amides is 2. The topological polar surface area (TPSA) is 49.4 Å². The average molecular weight is 383 g/mol. The van der Waals surface area contributed by atoms with Gasteiger partial charge in [-0.15, -0.1) is 11.3 Å². The summed E-state index contributed by atoms with van der Waals surface area (Å²) in [5.41, 5.74) is 3.03. The Balaban J connectivity index is 1.35. The van der Waals surface area contributed by atoms with E-state index in [1.807, 2.05) is 35.2 Å². The van der Waals surface area contributed by atoms with Crippen LogP contribution in [0.4, 0.5) is 5.69 Å². The van der Waals surface area contributed by atoms with Crippen LogP contribution in [0, 0.1) is 11.8 Å². The summed E-state index contributed by atoms with van der Waals surface area (Å²) < 4.78 is 0. The first kappa shape index (κ1) is 18.2. The van der Waals surface area contributed by atoms with Gasteiger partial charge in [0, 0.05) is 35.0 Å². The quantitative estimate of drug-likeness (QED) is 0.857. The van der Waals surface area contributed by atoms with Crippen molar-refractivity contribution in [3.05, 3.63) is 51.7 Å². The van der Waals surface area contributed by atoms with Gasteiger partial charge in [-0.3, -0.25) is 9.59 Å². The molecule has 1 aromatic heterocycles. The molecular weight excluding hydrogens is 356 g/mol. The van der Waals surface area contributed by atoms with Crippen LogP contribution < -0.4 is 5.32 Å². The molecule has 2 aliphatic rings. The Hall–Kier alpha value is -2.14. The lowest BCUT2D eigenvalue weighted by molar-refractivity contribution is -0.121. The zero-order valence-corrected chi connectivity index (χ0v) is 16.6. The maximum absolute atomic E-state index is 13.0. The number of carbonyl (C=O) groups is 2. The van der Waals surface area contributed by atoms with Crippen molar-refractivity contribution in [3.8, 4) is 0 Å². The molecule has 1 N–H and O–H groups in total. The lowest BCUT2D eigenvalue weighted by atomic mass is 9.88. The molecule has 4 nitrogen and oxygen atoms in total. The van der Waals surface area contributed by atoms with Crippen molar-refractivity contribution in [2.45, 2.75) is 39.0 Å². The monoisotopic (exact) mass is 382 g/mol. The highest BCUT2D eigenvalue weighted by Gasteiger charge is 2.30. The Bertz CT molecular complexity index is 822. The molecule has 0 radical (unpaired) electrons. The minimum Gasteiger partial charge on any atom is -0.339 e. The van der Waals surface area contributed by atoms with Crippen molar-refractivity contribution in [1.29, 1.82) is 0 Å². The van der Waals surface area contributed by atoms with Gasteiger partial charge < -0.3 is 10.2 Å². The van der Waals surface area contributed by atoms with Crippen LogP contribution in [0.5, 0.6) is 0 Å². The number of piperidine rings is 1. The third-order valence-electron chi connectivity index (χ3n) is 5.83. The van der Waals surface area contributed by atoms with Crippen molar-refractivity contribution in [2.75, 3.05) is 18.4 Å². The largest absolute Gasteiger partial charge is 0.339 e. The van der Waals surface area contributed by atoms with Gasteiger partial charge in [0.05, 0.1) is 5.56 Å². The van der Waals surface area contributed by atoms with E-state index >= 15 is 0 Å². The Labute approximate surface area is 164 Å².